The van der Waals surface area contributed by atoms with Gasteiger partial charge in [0.05, 0.1) is 10.3 Å². The summed E-state index contributed by atoms with van der Waals surface area (Å²) in [5, 5.41) is 8.61. The van der Waals surface area contributed by atoms with Crippen molar-refractivity contribution in [2.45, 2.75) is 6.54 Å². The second-order valence-corrected chi connectivity index (χ2v) is 3.21. The lowest BCUT2D eigenvalue weighted by Gasteiger charge is -2.04. The van der Waals surface area contributed by atoms with E-state index in [0.717, 1.165) is 3.70 Å². The second kappa shape index (κ2) is 3.87. The Morgan fingerprint density at radius 2 is 2.36 bits per heavy atom. The molecular formula is C7H8INO2. The van der Waals surface area contributed by atoms with E-state index in [4.69, 9.17) is 5.11 Å². The van der Waals surface area contributed by atoms with E-state index >= 15 is 0 Å². The normalized spacial score (nSPS) is 10.0. The van der Waals surface area contributed by atoms with Crippen LogP contribution in [-0.2, 0) is 6.54 Å². The standard InChI is InChI=1S/C7H8INO2/c8-7-5-6(11)1-2-9(7)3-4-10/h1-2,5,10H,3-4H2. The summed E-state index contributed by atoms with van der Waals surface area (Å²) in [4.78, 5) is 10.8. The van der Waals surface area contributed by atoms with E-state index in [1.807, 2.05) is 4.57 Å². The minimum Gasteiger partial charge on any atom is -0.395 e. The third kappa shape index (κ3) is 2.30. The van der Waals surface area contributed by atoms with E-state index in [-0.39, 0.29) is 12.0 Å². The summed E-state index contributed by atoms with van der Waals surface area (Å²) in [5.41, 5.74) is 0.00332. The number of aliphatic hydroxyl groups is 1. The molecule has 0 spiro atoms. The van der Waals surface area contributed by atoms with Crippen LogP contribution in [0.25, 0.3) is 0 Å². The Morgan fingerprint density at radius 3 is 2.91 bits per heavy atom. The molecule has 1 aromatic heterocycles. The van der Waals surface area contributed by atoms with Crippen molar-refractivity contribution in [3.63, 3.8) is 0 Å². The molecule has 0 saturated carbocycles. The third-order valence-corrected chi connectivity index (χ3v) is 2.23. The molecule has 4 heteroatoms. The predicted octanol–water partition coefficient (Wildman–Crippen LogP) is 0.445. The first-order valence-electron chi connectivity index (χ1n) is 3.21. The number of aromatic nitrogens is 1. The van der Waals surface area contributed by atoms with Crippen LogP contribution in [0.3, 0.4) is 0 Å². The molecule has 3 nitrogen and oxygen atoms in total. The molecule has 0 aromatic carbocycles. The summed E-state index contributed by atoms with van der Waals surface area (Å²) >= 11 is 2.06. The molecule has 0 saturated heterocycles. The number of hydrogen-bond donors (Lipinski definition) is 1. The Balaban J connectivity index is 2.99. The van der Waals surface area contributed by atoms with Gasteiger partial charge < -0.3 is 9.67 Å². The largest absolute Gasteiger partial charge is 0.395 e. The van der Waals surface area contributed by atoms with Gasteiger partial charge in [-0.15, -0.1) is 0 Å². The van der Waals surface area contributed by atoms with E-state index in [1.54, 1.807) is 6.20 Å². The van der Waals surface area contributed by atoms with Crippen molar-refractivity contribution in [3.8, 4) is 0 Å². The molecule has 0 unspecified atom stereocenters. The summed E-state index contributed by atoms with van der Waals surface area (Å²) in [6, 6.07) is 3.02. The lowest BCUT2D eigenvalue weighted by atomic mass is 10.4. The first-order valence-corrected chi connectivity index (χ1v) is 4.29. The Labute approximate surface area is 77.8 Å². The van der Waals surface area contributed by atoms with Crippen LogP contribution in [0, 0.1) is 3.70 Å². The Kier molecular flexibility index (Phi) is 3.07. The van der Waals surface area contributed by atoms with Crippen molar-refractivity contribution in [1.82, 2.24) is 4.57 Å². The van der Waals surface area contributed by atoms with Gasteiger partial charge in [0.15, 0.2) is 5.43 Å². The topological polar surface area (TPSA) is 42.2 Å². The molecule has 0 bridgehead atoms. The van der Waals surface area contributed by atoms with Crippen molar-refractivity contribution < 1.29 is 5.11 Å². The lowest BCUT2D eigenvalue weighted by Crippen LogP contribution is -2.10. The average molecular weight is 265 g/mol. The molecule has 0 fully saturated rings. The number of aliphatic hydroxyl groups excluding tert-OH is 1. The number of pyridine rings is 1. The van der Waals surface area contributed by atoms with Gasteiger partial charge in [0, 0.05) is 24.9 Å². The maximum Gasteiger partial charge on any atom is 0.182 e. The van der Waals surface area contributed by atoms with Gasteiger partial charge in [0.1, 0.15) is 0 Å². The maximum atomic E-state index is 10.8. The molecule has 1 rings (SSSR count). The number of halogens is 1. The number of nitrogens with zero attached hydrogens (tertiary/aromatic N) is 1. The fourth-order valence-electron chi connectivity index (χ4n) is 0.772. The van der Waals surface area contributed by atoms with Gasteiger partial charge in [-0.3, -0.25) is 4.79 Å². The fraction of sp³-hybridized carbons (Fsp3) is 0.286. The summed E-state index contributed by atoms with van der Waals surface area (Å²) in [6.07, 6.45) is 1.68. The van der Waals surface area contributed by atoms with E-state index in [0.29, 0.717) is 6.54 Å². The molecule has 1 heterocycles. The first kappa shape index (κ1) is 8.73. The quantitative estimate of drug-likeness (QED) is 0.623. The molecule has 1 aromatic rings. The van der Waals surface area contributed by atoms with Crippen LogP contribution in [0.5, 0.6) is 0 Å². The van der Waals surface area contributed by atoms with E-state index in [1.165, 1.54) is 12.1 Å². The van der Waals surface area contributed by atoms with Crippen LogP contribution in [0.4, 0.5) is 0 Å². The molecule has 0 aliphatic carbocycles. The number of hydrogen-bond acceptors (Lipinski definition) is 2. The fourth-order valence-corrected chi connectivity index (χ4v) is 1.48. The van der Waals surface area contributed by atoms with Gasteiger partial charge in [0.2, 0.25) is 0 Å². The van der Waals surface area contributed by atoms with Crippen molar-refractivity contribution in [3.05, 3.63) is 32.3 Å². The second-order valence-electron chi connectivity index (χ2n) is 2.10. The zero-order chi connectivity index (χ0) is 8.27. The van der Waals surface area contributed by atoms with Crippen molar-refractivity contribution in [2.24, 2.45) is 0 Å². The van der Waals surface area contributed by atoms with Gasteiger partial charge in [-0.05, 0) is 22.6 Å². The highest BCUT2D eigenvalue weighted by atomic mass is 127. The minimum absolute atomic E-state index is 0.00332. The van der Waals surface area contributed by atoms with Gasteiger partial charge in [-0.2, -0.15) is 0 Å². The highest BCUT2D eigenvalue weighted by Crippen LogP contribution is 1.99. The van der Waals surface area contributed by atoms with Gasteiger partial charge in [0.25, 0.3) is 0 Å². The SMILES string of the molecule is O=c1ccn(CCO)c(I)c1. The highest BCUT2D eigenvalue weighted by molar-refractivity contribution is 14.1. The minimum atomic E-state index is 0.00332. The van der Waals surface area contributed by atoms with Crippen LogP contribution in [0.15, 0.2) is 23.1 Å². The first-order chi connectivity index (χ1) is 5.24. The van der Waals surface area contributed by atoms with Crippen LogP contribution >= 0.6 is 22.6 Å². The predicted molar refractivity (Wildman–Crippen MR) is 50.5 cm³/mol. The zero-order valence-corrected chi connectivity index (χ0v) is 7.98. The zero-order valence-electron chi connectivity index (χ0n) is 5.83. The van der Waals surface area contributed by atoms with E-state index in [2.05, 4.69) is 22.6 Å². The molecule has 0 aliphatic heterocycles. The average Bonchev–Trinajstić information content (AvgIpc) is 1.95. The van der Waals surface area contributed by atoms with Gasteiger partial charge >= 0.3 is 0 Å². The number of rotatable bonds is 2. The highest BCUT2D eigenvalue weighted by Gasteiger charge is 1.94. The van der Waals surface area contributed by atoms with E-state index in [9.17, 15) is 4.79 Å². The van der Waals surface area contributed by atoms with Crippen LogP contribution in [-0.4, -0.2) is 16.3 Å². The van der Waals surface area contributed by atoms with Crippen LogP contribution in [0.2, 0.25) is 0 Å². The van der Waals surface area contributed by atoms with Crippen LogP contribution < -0.4 is 5.43 Å². The third-order valence-electron chi connectivity index (χ3n) is 1.30. The Bertz CT molecular complexity index is 295. The van der Waals surface area contributed by atoms with Gasteiger partial charge in [-0.25, -0.2) is 0 Å². The summed E-state index contributed by atoms with van der Waals surface area (Å²) in [7, 11) is 0. The molecule has 11 heavy (non-hydrogen) atoms. The molecule has 0 aliphatic rings. The molecule has 0 radical (unpaired) electrons. The van der Waals surface area contributed by atoms with Crippen LogP contribution in [0.1, 0.15) is 0 Å². The molecule has 60 valence electrons. The van der Waals surface area contributed by atoms with Gasteiger partial charge in [-0.1, -0.05) is 0 Å². The molecule has 1 N–H and O–H groups in total. The lowest BCUT2D eigenvalue weighted by molar-refractivity contribution is 0.274. The summed E-state index contributed by atoms with van der Waals surface area (Å²) in [6.45, 7) is 0.636. The maximum absolute atomic E-state index is 10.8. The Morgan fingerprint density at radius 1 is 1.64 bits per heavy atom. The molecule has 0 amide bonds. The summed E-state index contributed by atoms with van der Waals surface area (Å²) in [5.74, 6) is 0. The molecular weight excluding hydrogens is 257 g/mol. The smallest absolute Gasteiger partial charge is 0.182 e. The summed E-state index contributed by atoms with van der Waals surface area (Å²) < 4.78 is 2.67. The van der Waals surface area contributed by atoms with E-state index < -0.39 is 0 Å². The van der Waals surface area contributed by atoms with Crippen molar-refractivity contribution in [1.29, 1.82) is 0 Å². The molecule has 0 atom stereocenters. The van der Waals surface area contributed by atoms with Crippen molar-refractivity contribution >= 4 is 22.6 Å². The van der Waals surface area contributed by atoms with Crippen molar-refractivity contribution in [2.75, 3.05) is 6.61 Å². The monoisotopic (exact) mass is 265 g/mol. The Hall–Kier alpha value is -0.360.